The summed E-state index contributed by atoms with van der Waals surface area (Å²) >= 11 is 0. The van der Waals surface area contributed by atoms with Crippen molar-refractivity contribution < 1.29 is 9.53 Å². The minimum Gasteiger partial charge on any atom is -0.497 e. The van der Waals surface area contributed by atoms with Gasteiger partial charge in [0.05, 0.1) is 7.11 Å². The van der Waals surface area contributed by atoms with Crippen molar-refractivity contribution in [3.63, 3.8) is 0 Å². The third-order valence-electron chi connectivity index (χ3n) is 2.89. The molecule has 0 aromatic heterocycles. The second kappa shape index (κ2) is 6.01. The number of carbonyl (C=O) groups excluding carboxylic acids is 1. The second-order valence-corrected chi connectivity index (χ2v) is 4.16. The monoisotopic (exact) mass is 240 g/mol. The lowest BCUT2D eigenvalue weighted by molar-refractivity contribution is 0.104. The van der Waals surface area contributed by atoms with Crippen LogP contribution in [0, 0.1) is 5.92 Å². The summed E-state index contributed by atoms with van der Waals surface area (Å²) in [4.78, 5) is 11.9. The Morgan fingerprint density at radius 1 is 1.33 bits per heavy atom. The SMILES string of the molecule is COC1=CCC(/C=C/C(=O)c2ccccc2)C=C1. The lowest BCUT2D eigenvalue weighted by Gasteiger charge is -2.11. The number of ether oxygens (including phenoxy) is 1. The highest BCUT2D eigenvalue weighted by atomic mass is 16.5. The second-order valence-electron chi connectivity index (χ2n) is 4.16. The molecule has 0 heterocycles. The molecule has 0 saturated carbocycles. The number of methoxy groups -OCH3 is 1. The number of carbonyl (C=O) groups is 1. The van der Waals surface area contributed by atoms with E-state index >= 15 is 0 Å². The summed E-state index contributed by atoms with van der Waals surface area (Å²) in [5.41, 5.74) is 0.724. The molecule has 0 N–H and O–H groups in total. The Morgan fingerprint density at radius 2 is 2.11 bits per heavy atom. The Morgan fingerprint density at radius 3 is 2.72 bits per heavy atom. The molecule has 0 fully saturated rings. The number of benzene rings is 1. The van der Waals surface area contributed by atoms with Crippen LogP contribution in [-0.2, 0) is 4.74 Å². The van der Waals surface area contributed by atoms with Gasteiger partial charge in [0.2, 0.25) is 0 Å². The summed E-state index contributed by atoms with van der Waals surface area (Å²) in [6.07, 6.45) is 10.5. The summed E-state index contributed by atoms with van der Waals surface area (Å²) in [6.45, 7) is 0. The van der Waals surface area contributed by atoms with Crippen molar-refractivity contribution in [2.45, 2.75) is 6.42 Å². The first-order chi connectivity index (χ1) is 8.79. The third kappa shape index (κ3) is 3.20. The first-order valence-electron chi connectivity index (χ1n) is 5.99. The number of ketones is 1. The average Bonchev–Trinajstić information content (AvgIpc) is 2.46. The van der Waals surface area contributed by atoms with Crippen LogP contribution >= 0.6 is 0 Å². The fraction of sp³-hybridized carbons (Fsp3) is 0.188. The largest absolute Gasteiger partial charge is 0.497 e. The fourth-order valence-electron chi connectivity index (χ4n) is 1.82. The van der Waals surface area contributed by atoms with Gasteiger partial charge in [-0.1, -0.05) is 42.5 Å². The van der Waals surface area contributed by atoms with Crippen LogP contribution in [0.5, 0.6) is 0 Å². The van der Waals surface area contributed by atoms with Crippen molar-refractivity contribution in [3.8, 4) is 0 Å². The van der Waals surface area contributed by atoms with Crippen molar-refractivity contribution in [2.24, 2.45) is 5.92 Å². The highest BCUT2D eigenvalue weighted by Gasteiger charge is 2.06. The average molecular weight is 240 g/mol. The highest BCUT2D eigenvalue weighted by molar-refractivity contribution is 6.04. The van der Waals surface area contributed by atoms with Crippen LogP contribution in [0.15, 0.2) is 66.5 Å². The van der Waals surface area contributed by atoms with Crippen LogP contribution in [0.1, 0.15) is 16.8 Å². The molecule has 1 atom stereocenters. The molecular weight excluding hydrogens is 224 g/mol. The molecule has 1 aliphatic rings. The maximum atomic E-state index is 11.9. The Labute approximate surface area is 107 Å². The van der Waals surface area contributed by atoms with E-state index in [9.17, 15) is 4.79 Å². The number of hydrogen-bond acceptors (Lipinski definition) is 2. The topological polar surface area (TPSA) is 26.3 Å². The van der Waals surface area contributed by atoms with Crippen molar-refractivity contribution in [2.75, 3.05) is 7.11 Å². The summed E-state index contributed by atoms with van der Waals surface area (Å²) in [5, 5.41) is 0. The van der Waals surface area contributed by atoms with Crippen LogP contribution in [0.25, 0.3) is 0 Å². The normalized spacial score (nSPS) is 18.7. The Balaban J connectivity index is 1.95. The molecule has 18 heavy (non-hydrogen) atoms. The molecule has 2 heteroatoms. The first kappa shape index (κ1) is 12.4. The van der Waals surface area contributed by atoms with Crippen molar-refractivity contribution >= 4 is 5.78 Å². The Bertz CT molecular complexity index is 495. The number of hydrogen-bond donors (Lipinski definition) is 0. The van der Waals surface area contributed by atoms with E-state index in [1.807, 2.05) is 54.6 Å². The molecule has 0 spiro atoms. The van der Waals surface area contributed by atoms with Crippen LogP contribution < -0.4 is 0 Å². The summed E-state index contributed by atoms with van der Waals surface area (Å²) in [7, 11) is 1.66. The molecule has 0 radical (unpaired) electrons. The van der Waals surface area contributed by atoms with Crippen LogP contribution in [-0.4, -0.2) is 12.9 Å². The van der Waals surface area contributed by atoms with Crippen LogP contribution in [0.3, 0.4) is 0 Å². The molecule has 0 aliphatic heterocycles. The third-order valence-corrected chi connectivity index (χ3v) is 2.89. The maximum absolute atomic E-state index is 11.9. The molecule has 1 aromatic rings. The molecule has 0 bridgehead atoms. The van der Waals surface area contributed by atoms with E-state index in [0.29, 0.717) is 0 Å². The van der Waals surface area contributed by atoms with Gasteiger partial charge in [-0.05, 0) is 30.6 Å². The van der Waals surface area contributed by atoms with E-state index in [-0.39, 0.29) is 11.7 Å². The zero-order valence-electron chi connectivity index (χ0n) is 10.4. The van der Waals surface area contributed by atoms with Gasteiger partial charge in [0.1, 0.15) is 5.76 Å². The molecule has 2 rings (SSSR count). The molecule has 0 amide bonds. The van der Waals surface area contributed by atoms with Gasteiger partial charge in [0, 0.05) is 5.56 Å². The van der Waals surface area contributed by atoms with Crippen molar-refractivity contribution in [1.82, 2.24) is 0 Å². The van der Waals surface area contributed by atoms with Crippen LogP contribution in [0.4, 0.5) is 0 Å². The minimum absolute atomic E-state index is 0.0468. The van der Waals surface area contributed by atoms with Gasteiger partial charge < -0.3 is 4.74 Å². The lowest BCUT2D eigenvalue weighted by Crippen LogP contribution is -1.99. The quantitative estimate of drug-likeness (QED) is 0.594. The summed E-state index contributed by atoms with van der Waals surface area (Å²) in [6, 6.07) is 9.30. The molecular formula is C16H16O2. The van der Waals surface area contributed by atoms with Gasteiger partial charge in [0.25, 0.3) is 0 Å². The van der Waals surface area contributed by atoms with Crippen molar-refractivity contribution in [1.29, 1.82) is 0 Å². The molecule has 1 aliphatic carbocycles. The molecule has 1 unspecified atom stereocenters. The highest BCUT2D eigenvalue weighted by Crippen LogP contribution is 2.18. The zero-order chi connectivity index (χ0) is 12.8. The van der Waals surface area contributed by atoms with E-state index in [2.05, 4.69) is 0 Å². The predicted octanol–water partition coefficient (Wildman–Crippen LogP) is 3.53. The molecule has 1 aromatic carbocycles. The van der Waals surface area contributed by atoms with Gasteiger partial charge in [-0.15, -0.1) is 0 Å². The summed E-state index contributed by atoms with van der Waals surface area (Å²) < 4.78 is 5.12. The van der Waals surface area contributed by atoms with Crippen LogP contribution in [0.2, 0.25) is 0 Å². The fourth-order valence-corrected chi connectivity index (χ4v) is 1.82. The standard InChI is InChI=1S/C16H16O2/c1-18-15-10-7-13(8-11-15)9-12-16(17)14-5-3-2-4-6-14/h2-7,9-13H,8H2,1H3/b12-9+. The van der Waals surface area contributed by atoms with E-state index < -0.39 is 0 Å². The van der Waals surface area contributed by atoms with Gasteiger partial charge in [-0.2, -0.15) is 0 Å². The maximum Gasteiger partial charge on any atom is 0.185 e. The Hall–Kier alpha value is -2.09. The van der Waals surface area contributed by atoms with Gasteiger partial charge in [0.15, 0.2) is 5.78 Å². The van der Waals surface area contributed by atoms with Gasteiger partial charge in [-0.25, -0.2) is 0 Å². The number of rotatable bonds is 4. The van der Waals surface area contributed by atoms with Gasteiger partial charge in [-0.3, -0.25) is 4.79 Å². The molecule has 0 saturated heterocycles. The number of allylic oxidation sites excluding steroid dienone is 5. The van der Waals surface area contributed by atoms with E-state index in [4.69, 9.17) is 4.74 Å². The molecule has 92 valence electrons. The molecule has 2 nitrogen and oxygen atoms in total. The predicted molar refractivity (Wildman–Crippen MR) is 72.3 cm³/mol. The smallest absolute Gasteiger partial charge is 0.185 e. The lowest BCUT2D eigenvalue weighted by atomic mass is 9.98. The minimum atomic E-state index is 0.0468. The zero-order valence-corrected chi connectivity index (χ0v) is 10.4. The van der Waals surface area contributed by atoms with Crippen molar-refractivity contribution in [3.05, 3.63) is 72.0 Å². The Kier molecular flexibility index (Phi) is 4.13. The van der Waals surface area contributed by atoms with E-state index in [1.165, 1.54) is 0 Å². The first-order valence-corrected chi connectivity index (χ1v) is 5.99. The summed E-state index contributed by atoms with van der Waals surface area (Å²) in [5.74, 6) is 1.20. The van der Waals surface area contributed by atoms with Gasteiger partial charge >= 0.3 is 0 Å². The van der Waals surface area contributed by atoms with E-state index in [1.54, 1.807) is 13.2 Å². The van der Waals surface area contributed by atoms with E-state index in [0.717, 1.165) is 17.7 Å².